The van der Waals surface area contributed by atoms with Crippen LogP contribution < -0.4 is 5.32 Å². The van der Waals surface area contributed by atoms with Crippen LogP contribution >= 0.6 is 11.3 Å². The van der Waals surface area contributed by atoms with Gasteiger partial charge in [-0.15, -0.1) is 11.3 Å². The highest BCUT2D eigenvalue weighted by molar-refractivity contribution is 7.07. The molecule has 2 N–H and O–H groups in total. The average Bonchev–Trinajstić information content (AvgIpc) is 2.85. The van der Waals surface area contributed by atoms with Crippen LogP contribution in [-0.2, 0) is 6.54 Å². The van der Waals surface area contributed by atoms with Gasteiger partial charge in [-0.25, -0.2) is 4.98 Å². The van der Waals surface area contributed by atoms with Crippen LogP contribution in [0.15, 0.2) is 17.1 Å². The zero-order valence-electron chi connectivity index (χ0n) is 8.15. The summed E-state index contributed by atoms with van der Waals surface area (Å²) in [7, 11) is 0. The van der Waals surface area contributed by atoms with Gasteiger partial charge in [-0.2, -0.15) is 5.10 Å². The minimum absolute atomic E-state index is 0.156. The topological polar surface area (TPSA) is 70.7 Å². The maximum Gasteiger partial charge on any atom is 0.271 e. The Bertz CT molecular complexity index is 448. The van der Waals surface area contributed by atoms with Crippen molar-refractivity contribution in [2.24, 2.45) is 0 Å². The van der Waals surface area contributed by atoms with Gasteiger partial charge in [0.25, 0.3) is 5.91 Å². The Kier molecular flexibility index (Phi) is 2.77. The number of amides is 1. The first-order valence-corrected chi connectivity index (χ1v) is 5.37. The van der Waals surface area contributed by atoms with E-state index in [1.54, 1.807) is 17.1 Å². The van der Waals surface area contributed by atoms with Gasteiger partial charge >= 0.3 is 0 Å². The molecule has 0 unspecified atom stereocenters. The third kappa shape index (κ3) is 2.21. The molecule has 1 amide bonds. The molecule has 0 radical (unpaired) electrons. The van der Waals surface area contributed by atoms with Gasteiger partial charge in [-0.1, -0.05) is 0 Å². The predicted molar refractivity (Wildman–Crippen MR) is 56.6 cm³/mol. The number of rotatable bonds is 3. The number of aromatic nitrogens is 3. The molecule has 6 heteroatoms. The van der Waals surface area contributed by atoms with E-state index in [0.29, 0.717) is 12.2 Å². The van der Waals surface area contributed by atoms with Gasteiger partial charge in [0.2, 0.25) is 0 Å². The Morgan fingerprint density at radius 2 is 2.53 bits per heavy atom. The molecular weight excluding hydrogens is 212 g/mol. The van der Waals surface area contributed by atoms with Crippen molar-refractivity contribution in [3.05, 3.63) is 34.0 Å². The maximum atomic E-state index is 11.5. The summed E-state index contributed by atoms with van der Waals surface area (Å²) in [5.41, 5.74) is 4.05. The lowest BCUT2D eigenvalue weighted by molar-refractivity contribution is 0.0946. The number of hydrogen-bond donors (Lipinski definition) is 2. The molecule has 0 fully saturated rings. The molecule has 0 aliphatic rings. The molecule has 2 rings (SSSR count). The summed E-state index contributed by atoms with van der Waals surface area (Å²) < 4.78 is 0. The van der Waals surface area contributed by atoms with Gasteiger partial charge in [-0.05, 0) is 6.92 Å². The molecule has 0 aromatic carbocycles. The van der Waals surface area contributed by atoms with Crippen molar-refractivity contribution in [2.75, 3.05) is 0 Å². The van der Waals surface area contributed by atoms with Crippen LogP contribution in [0.5, 0.6) is 0 Å². The van der Waals surface area contributed by atoms with E-state index in [1.165, 1.54) is 11.3 Å². The van der Waals surface area contributed by atoms with Crippen molar-refractivity contribution in [1.29, 1.82) is 0 Å². The SMILES string of the molecule is Cc1[nH]ncc1CNC(=O)c1cscn1. The van der Waals surface area contributed by atoms with Crippen LogP contribution in [0, 0.1) is 6.92 Å². The van der Waals surface area contributed by atoms with Crippen molar-refractivity contribution in [3.8, 4) is 0 Å². The van der Waals surface area contributed by atoms with E-state index >= 15 is 0 Å². The highest BCUT2D eigenvalue weighted by Crippen LogP contribution is 2.04. The number of H-pyrrole nitrogens is 1. The molecule has 0 atom stereocenters. The quantitative estimate of drug-likeness (QED) is 0.817. The van der Waals surface area contributed by atoms with Gasteiger partial charge < -0.3 is 5.32 Å². The lowest BCUT2D eigenvalue weighted by Crippen LogP contribution is -2.23. The van der Waals surface area contributed by atoms with Gasteiger partial charge in [0, 0.05) is 23.2 Å². The number of carbonyl (C=O) groups is 1. The van der Waals surface area contributed by atoms with Gasteiger partial charge in [0.15, 0.2) is 0 Å². The Labute approximate surface area is 90.6 Å². The van der Waals surface area contributed by atoms with Crippen LogP contribution in [0.25, 0.3) is 0 Å². The van der Waals surface area contributed by atoms with Crippen molar-refractivity contribution >= 4 is 17.2 Å². The normalized spacial score (nSPS) is 10.2. The Hall–Kier alpha value is -1.69. The fraction of sp³-hybridized carbons (Fsp3) is 0.222. The van der Waals surface area contributed by atoms with Crippen molar-refractivity contribution in [3.63, 3.8) is 0 Å². The fourth-order valence-corrected chi connectivity index (χ4v) is 1.68. The molecule has 2 heterocycles. The molecule has 15 heavy (non-hydrogen) atoms. The van der Waals surface area contributed by atoms with Gasteiger partial charge in [0.1, 0.15) is 5.69 Å². The molecule has 0 saturated heterocycles. The smallest absolute Gasteiger partial charge is 0.271 e. The summed E-state index contributed by atoms with van der Waals surface area (Å²) in [4.78, 5) is 15.4. The number of nitrogens with zero attached hydrogens (tertiary/aromatic N) is 2. The fourth-order valence-electron chi connectivity index (χ4n) is 1.14. The van der Waals surface area contributed by atoms with Gasteiger partial charge in [0.05, 0.1) is 11.7 Å². The summed E-state index contributed by atoms with van der Waals surface area (Å²) in [6.45, 7) is 2.38. The Morgan fingerprint density at radius 3 is 3.13 bits per heavy atom. The standard InChI is InChI=1S/C9H10N4OS/c1-6-7(3-12-13-6)2-10-9(14)8-4-15-5-11-8/h3-5H,2H2,1H3,(H,10,14)(H,12,13). The first-order valence-electron chi connectivity index (χ1n) is 4.42. The number of carbonyl (C=O) groups excluding carboxylic acids is 1. The van der Waals surface area contributed by atoms with Crippen LogP contribution in [-0.4, -0.2) is 21.1 Å². The van der Waals surface area contributed by atoms with Gasteiger partial charge in [-0.3, -0.25) is 9.89 Å². The van der Waals surface area contributed by atoms with E-state index in [2.05, 4.69) is 20.5 Å². The number of nitrogens with one attached hydrogen (secondary N) is 2. The highest BCUT2D eigenvalue weighted by Gasteiger charge is 2.08. The monoisotopic (exact) mass is 222 g/mol. The lowest BCUT2D eigenvalue weighted by atomic mass is 10.2. The molecule has 0 saturated carbocycles. The predicted octanol–water partition coefficient (Wildman–Crippen LogP) is 1.10. The molecule has 5 nitrogen and oxygen atoms in total. The number of aromatic amines is 1. The van der Waals surface area contributed by atoms with Crippen LogP contribution in [0.4, 0.5) is 0 Å². The van der Waals surface area contributed by atoms with E-state index in [9.17, 15) is 4.79 Å². The Morgan fingerprint density at radius 1 is 1.67 bits per heavy atom. The minimum atomic E-state index is -0.156. The zero-order valence-corrected chi connectivity index (χ0v) is 8.97. The van der Waals surface area contributed by atoms with Crippen LogP contribution in [0.3, 0.4) is 0 Å². The molecule has 0 aliphatic carbocycles. The second-order valence-corrected chi connectivity index (χ2v) is 3.80. The average molecular weight is 222 g/mol. The number of hydrogen-bond acceptors (Lipinski definition) is 4. The maximum absolute atomic E-state index is 11.5. The molecular formula is C9H10N4OS. The van der Waals surface area contributed by atoms with E-state index < -0.39 is 0 Å². The van der Waals surface area contributed by atoms with E-state index in [1.807, 2.05) is 6.92 Å². The lowest BCUT2D eigenvalue weighted by Gasteiger charge is -2.01. The third-order valence-electron chi connectivity index (χ3n) is 2.04. The zero-order chi connectivity index (χ0) is 10.7. The number of thiazole rings is 1. The summed E-state index contributed by atoms with van der Waals surface area (Å²) in [5, 5.41) is 11.2. The summed E-state index contributed by atoms with van der Waals surface area (Å²) in [5.74, 6) is -0.156. The van der Waals surface area contributed by atoms with E-state index in [0.717, 1.165) is 11.3 Å². The van der Waals surface area contributed by atoms with E-state index in [-0.39, 0.29) is 5.91 Å². The minimum Gasteiger partial charge on any atom is -0.346 e. The first-order chi connectivity index (χ1) is 7.27. The van der Waals surface area contributed by atoms with Crippen LogP contribution in [0.1, 0.15) is 21.7 Å². The molecule has 2 aromatic rings. The summed E-state index contributed by atoms with van der Waals surface area (Å²) >= 11 is 1.40. The molecule has 0 aliphatic heterocycles. The molecule has 0 bridgehead atoms. The molecule has 78 valence electrons. The molecule has 0 spiro atoms. The second-order valence-electron chi connectivity index (χ2n) is 3.08. The largest absolute Gasteiger partial charge is 0.346 e. The van der Waals surface area contributed by atoms with Crippen LogP contribution in [0.2, 0.25) is 0 Å². The van der Waals surface area contributed by atoms with Crippen molar-refractivity contribution in [1.82, 2.24) is 20.5 Å². The number of aryl methyl sites for hydroxylation is 1. The van der Waals surface area contributed by atoms with E-state index in [4.69, 9.17) is 0 Å². The van der Waals surface area contributed by atoms with Crippen molar-refractivity contribution < 1.29 is 4.79 Å². The van der Waals surface area contributed by atoms with Crippen molar-refractivity contribution in [2.45, 2.75) is 13.5 Å². The summed E-state index contributed by atoms with van der Waals surface area (Å²) in [6, 6.07) is 0. The highest BCUT2D eigenvalue weighted by atomic mass is 32.1. The third-order valence-corrected chi connectivity index (χ3v) is 2.63. The Balaban J connectivity index is 1.95. The summed E-state index contributed by atoms with van der Waals surface area (Å²) in [6.07, 6.45) is 1.71. The molecule has 2 aromatic heterocycles. The second kappa shape index (κ2) is 4.22. The first kappa shape index (κ1) is 9.85.